The van der Waals surface area contributed by atoms with Crippen molar-refractivity contribution in [3.05, 3.63) is 12.7 Å². The fraction of sp³-hybridized carbons (Fsp3) is 0.625. The summed E-state index contributed by atoms with van der Waals surface area (Å²) in [5.74, 6) is -2.15. The van der Waals surface area contributed by atoms with E-state index in [1.165, 1.54) is 0 Å². The van der Waals surface area contributed by atoms with E-state index in [0.717, 1.165) is 13.0 Å². The smallest absolute Gasteiger partial charge is 0.389 e. The number of carbonyl (C=O) groups excluding carboxylic acids is 1. The van der Waals surface area contributed by atoms with Crippen LogP contribution < -0.4 is 0 Å². The Morgan fingerprint density at radius 2 is 2.14 bits per heavy atom. The van der Waals surface area contributed by atoms with Gasteiger partial charge in [-0.25, -0.2) is 4.79 Å². The van der Waals surface area contributed by atoms with Crippen molar-refractivity contribution in [3.63, 3.8) is 0 Å². The molecule has 0 aliphatic carbocycles. The van der Waals surface area contributed by atoms with Gasteiger partial charge in [0.1, 0.15) is 0 Å². The number of aliphatic hydroxyl groups excluding tert-OH is 1. The highest BCUT2D eigenvalue weighted by Crippen LogP contribution is 2.26. The second kappa shape index (κ2) is 4.99. The fourth-order valence-corrected chi connectivity index (χ4v) is 0.749. The average Bonchev–Trinajstić information content (AvgIpc) is 2.00. The summed E-state index contributed by atoms with van der Waals surface area (Å²) < 4.78 is 39.6. The van der Waals surface area contributed by atoms with Gasteiger partial charge in [-0.3, -0.25) is 0 Å². The molecule has 14 heavy (non-hydrogen) atoms. The van der Waals surface area contributed by atoms with E-state index in [-0.39, 0.29) is 0 Å². The predicted molar refractivity (Wildman–Crippen MR) is 42.1 cm³/mol. The number of rotatable bonds is 4. The molecule has 0 radical (unpaired) electrons. The number of carbonyl (C=O) groups is 1. The van der Waals surface area contributed by atoms with Crippen molar-refractivity contribution in [2.75, 3.05) is 0 Å². The Labute approximate surface area is 79.2 Å². The summed E-state index contributed by atoms with van der Waals surface area (Å²) in [6, 6.07) is 0. The maximum atomic E-state index is 11.8. The van der Waals surface area contributed by atoms with E-state index in [0.29, 0.717) is 0 Å². The van der Waals surface area contributed by atoms with Gasteiger partial charge in [-0.2, -0.15) is 13.2 Å². The van der Waals surface area contributed by atoms with Crippen LogP contribution in [0.3, 0.4) is 0 Å². The molecule has 6 heteroatoms. The molecule has 0 aliphatic heterocycles. The first kappa shape index (κ1) is 13.0. The Hall–Kier alpha value is -1.04. The molecule has 0 rings (SSSR count). The van der Waals surface area contributed by atoms with Gasteiger partial charge in [-0.15, -0.1) is 0 Å². The van der Waals surface area contributed by atoms with Gasteiger partial charge in [0.05, 0.1) is 6.42 Å². The van der Waals surface area contributed by atoms with E-state index in [9.17, 15) is 18.0 Å². The summed E-state index contributed by atoms with van der Waals surface area (Å²) >= 11 is 0. The fourth-order valence-electron chi connectivity index (χ4n) is 0.749. The van der Waals surface area contributed by atoms with Gasteiger partial charge in [0.15, 0.2) is 0 Å². The quantitative estimate of drug-likeness (QED) is 0.437. The zero-order valence-electron chi connectivity index (χ0n) is 7.54. The maximum absolute atomic E-state index is 11.8. The lowest BCUT2D eigenvalue weighted by Crippen LogP contribution is -2.28. The molecule has 82 valence electrons. The molecule has 0 bridgehead atoms. The SMILES string of the molecule is C=CC(=O)OC(O)C(C)CC(F)(F)F. The van der Waals surface area contributed by atoms with Crippen LogP contribution in [0.1, 0.15) is 13.3 Å². The summed E-state index contributed by atoms with van der Waals surface area (Å²) in [6.45, 7) is 4.17. The summed E-state index contributed by atoms with van der Waals surface area (Å²) in [5, 5.41) is 8.99. The van der Waals surface area contributed by atoms with Crippen molar-refractivity contribution in [2.24, 2.45) is 5.92 Å². The van der Waals surface area contributed by atoms with E-state index in [1.807, 2.05) is 0 Å². The Morgan fingerprint density at radius 3 is 2.50 bits per heavy atom. The van der Waals surface area contributed by atoms with Crippen LogP contribution in [0.15, 0.2) is 12.7 Å². The van der Waals surface area contributed by atoms with E-state index in [2.05, 4.69) is 11.3 Å². The minimum absolute atomic E-state index is 0.767. The molecule has 2 unspecified atom stereocenters. The van der Waals surface area contributed by atoms with Gasteiger partial charge in [-0.05, 0) is 0 Å². The van der Waals surface area contributed by atoms with Crippen LogP contribution in [0.25, 0.3) is 0 Å². The average molecular weight is 212 g/mol. The Kier molecular flexibility index (Phi) is 4.62. The first-order valence-corrected chi connectivity index (χ1v) is 3.84. The monoisotopic (exact) mass is 212 g/mol. The molecule has 1 N–H and O–H groups in total. The van der Waals surface area contributed by atoms with Crippen LogP contribution >= 0.6 is 0 Å². The van der Waals surface area contributed by atoms with Gasteiger partial charge in [0, 0.05) is 12.0 Å². The minimum atomic E-state index is -4.39. The third-order valence-corrected chi connectivity index (χ3v) is 1.44. The zero-order valence-corrected chi connectivity index (χ0v) is 7.54. The number of alkyl halides is 3. The zero-order chi connectivity index (χ0) is 11.4. The number of hydrogen-bond acceptors (Lipinski definition) is 3. The Morgan fingerprint density at radius 1 is 1.64 bits per heavy atom. The summed E-state index contributed by atoms with van der Waals surface area (Å²) in [5.41, 5.74) is 0. The van der Waals surface area contributed by atoms with Crippen LogP contribution in [0.2, 0.25) is 0 Å². The highest BCUT2D eigenvalue weighted by molar-refractivity contribution is 5.81. The van der Waals surface area contributed by atoms with E-state index >= 15 is 0 Å². The molecule has 0 aromatic heterocycles. The molecule has 0 amide bonds. The predicted octanol–water partition coefficient (Wildman–Crippen LogP) is 1.62. The lowest BCUT2D eigenvalue weighted by molar-refractivity contribution is -0.192. The van der Waals surface area contributed by atoms with Crippen LogP contribution in [-0.4, -0.2) is 23.5 Å². The molecule has 0 heterocycles. The van der Waals surface area contributed by atoms with Crippen molar-refractivity contribution < 1.29 is 27.8 Å². The number of aliphatic hydroxyl groups is 1. The van der Waals surface area contributed by atoms with Crippen LogP contribution in [-0.2, 0) is 9.53 Å². The van der Waals surface area contributed by atoms with Crippen molar-refractivity contribution in [1.29, 1.82) is 0 Å². The molecule has 0 aromatic rings. The van der Waals surface area contributed by atoms with Crippen LogP contribution in [0.5, 0.6) is 0 Å². The first-order chi connectivity index (χ1) is 6.26. The second-order valence-electron chi connectivity index (χ2n) is 2.83. The Bertz CT molecular complexity index is 212. The standard InChI is InChI=1S/C8H11F3O3/c1-3-6(12)14-7(13)5(2)4-8(9,10)11/h3,5,7,13H,1,4H2,2H3. The molecule has 0 fully saturated rings. The van der Waals surface area contributed by atoms with Gasteiger partial charge in [0.25, 0.3) is 0 Å². The topological polar surface area (TPSA) is 46.5 Å². The van der Waals surface area contributed by atoms with Crippen molar-refractivity contribution >= 4 is 5.97 Å². The summed E-state index contributed by atoms with van der Waals surface area (Å²) in [4.78, 5) is 10.5. The molecule has 0 saturated carbocycles. The number of ether oxygens (including phenoxy) is 1. The number of halogens is 3. The van der Waals surface area contributed by atoms with Crippen LogP contribution in [0, 0.1) is 5.92 Å². The van der Waals surface area contributed by atoms with E-state index < -0.39 is 30.8 Å². The Balaban J connectivity index is 4.05. The molecular formula is C8H11F3O3. The molecular weight excluding hydrogens is 201 g/mol. The molecule has 2 atom stereocenters. The molecule has 0 spiro atoms. The van der Waals surface area contributed by atoms with Gasteiger partial charge >= 0.3 is 12.1 Å². The highest BCUT2D eigenvalue weighted by Gasteiger charge is 2.33. The summed E-state index contributed by atoms with van der Waals surface area (Å²) in [7, 11) is 0. The number of esters is 1. The summed E-state index contributed by atoms with van der Waals surface area (Å²) in [6.07, 6.45) is -6.59. The lowest BCUT2D eigenvalue weighted by atomic mass is 10.1. The first-order valence-electron chi connectivity index (χ1n) is 3.84. The van der Waals surface area contributed by atoms with Crippen molar-refractivity contribution in [2.45, 2.75) is 25.8 Å². The second-order valence-corrected chi connectivity index (χ2v) is 2.83. The van der Waals surface area contributed by atoms with E-state index in [1.54, 1.807) is 0 Å². The van der Waals surface area contributed by atoms with Crippen LogP contribution in [0.4, 0.5) is 13.2 Å². The molecule has 3 nitrogen and oxygen atoms in total. The minimum Gasteiger partial charge on any atom is -0.433 e. The van der Waals surface area contributed by atoms with Gasteiger partial charge in [0.2, 0.25) is 6.29 Å². The lowest BCUT2D eigenvalue weighted by Gasteiger charge is -2.19. The van der Waals surface area contributed by atoms with Gasteiger partial charge < -0.3 is 9.84 Å². The maximum Gasteiger partial charge on any atom is 0.389 e. The van der Waals surface area contributed by atoms with E-state index in [4.69, 9.17) is 5.11 Å². The number of hydrogen-bond donors (Lipinski definition) is 1. The van der Waals surface area contributed by atoms with Crippen molar-refractivity contribution in [1.82, 2.24) is 0 Å². The highest BCUT2D eigenvalue weighted by atomic mass is 19.4. The third kappa shape index (κ3) is 5.58. The third-order valence-electron chi connectivity index (χ3n) is 1.44. The normalized spacial score (nSPS) is 15.8. The largest absolute Gasteiger partial charge is 0.433 e. The van der Waals surface area contributed by atoms with Crippen molar-refractivity contribution in [3.8, 4) is 0 Å². The molecule has 0 aliphatic rings. The molecule has 0 aromatic carbocycles. The molecule has 0 saturated heterocycles. The van der Waals surface area contributed by atoms with Gasteiger partial charge in [-0.1, -0.05) is 13.5 Å².